The smallest absolute Gasteiger partial charge is 0.349 e. The molecule has 39 heavy (non-hydrogen) atoms. The molecule has 3 aromatic rings. The van der Waals surface area contributed by atoms with E-state index < -0.39 is 40.6 Å². The second kappa shape index (κ2) is 11.3. The Labute approximate surface area is 227 Å². The maximum atomic E-state index is 13.9. The van der Waals surface area contributed by atoms with Crippen LogP contribution in [0.25, 0.3) is 10.8 Å². The molecule has 0 aliphatic heterocycles. The molecule has 4 rings (SSSR count). The van der Waals surface area contributed by atoms with Crippen LogP contribution in [0.4, 0.5) is 13.2 Å². The second-order valence-electron chi connectivity index (χ2n) is 11.1. The van der Waals surface area contributed by atoms with E-state index >= 15 is 0 Å². The first-order valence-electron chi connectivity index (χ1n) is 13.0. The third-order valence-electron chi connectivity index (χ3n) is 6.79. The van der Waals surface area contributed by atoms with Crippen molar-refractivity contribution in [2.75, 3.05) is 0 Å². The highest BCUT2D eigenvalue weighted by Crippen LogP contribution is 2.31. The summed E-state index contributed by atoms with van der Waals surface area (Å²) in [5.74, 6) is -0.866. The molecule has 0 bridgehead atoms. The van der Waals surface area contributed by atoms with Crippen LogP contribution in [0, 0.1) is 0 Å². The molecule has 2 atom stereocenters. The van der Waals surface area contributed by atoms with Crippen molar-refractivity contribution >= 4 is 26.7 Å². The van der Waals surface area contributed by atoms with Crippen molar-refractivity contribution in [3.63, 3.8) is 0 Å². The van der Waals surface area contributed by atoms with Crippen LogP contribution in [0.5, 0.6) is 0 Å². The number of carbonyl (C=O) groups excluding carboxylic acids is 1. The number of amides is 1. The van der Waals surface area contributed by atoms with Gasteiger partial charge in [0, 0.05) is 12.1 Å². The van der Waals surface area contributed by atoms with Crippen molar-refractivity contribution < 1.29 is 26.4 Å². The van der Waals surface area contributed by atoms with Gasteiger partial charge in [-0.2, -0.15) is 17.9 Å². The van der Waals surface area contributed by atoms with Gasteiger partial charge in [-0.1, -0.05) is 48.5 Å². The number of hydrogen-bond donors (Lipinski definition) is 3. The lowest BCUT2D eigenvalue weighted by Gasteiger charge is -2.28. The molecule has 210 valence electrons. The Morgan fingerprint density at radius 2 is 1.72 bits per heavy atom. The minimum atomic E-state index is -4.96. The molecular formula is C29H34F3N3O3S. The van der Waals surface area contributed by atoms with Crippen LogP contribution < -0.4 is 15.4 Å². The van der Waals surface area contributed by atoms with E-state index in [-0.39, 0.29) is 10.4 Å². The fourth-order valence-electron chi connectivity index (χ4n) is 4.75. The van der Waals surface area contributed by atoms with Gasteiger partial charge in [-0.05, 0) is 79.6 Å². The van der Waals surface area contributed by atoms with Crippen LogP contribution in [0.3, 0.4) is 0 Å². The van der Waals surface area contributed by atoms with Crippen molar-refractivity contribution in [1.29, 1.82) is 0 Å². The molecule has 0 unspecified atom stereocenters. The zero-order chi connectivity index (χ0) is 28.4. The Bertz CT molecular complexity index is 1450. The number of benzene rings is 3. The highest BCUT2D eigenvalue weighted by atomic mass is 32.2. The van der Waals surface area contributed by atoms with Crippen LogP contribution in [-0.2, 0) is 27.8 Å². The molecule has 0 spiro atoms. The van der Waals surface area contributed by atoms with Crippen molar-refractivity contribution in [2.45, 2.75) is 81.7 Å². The monoisotopic (exact) mass is 561 g/mol. The van der Waals surface area contributed by atoms with Crippen LogP contribution in [0.1, 0.15) is 62.8 Å². The molecule has 10 heteroatoms. The molecule has 0 aromatic heterocycles. The summed E-state index contributed by atoms with van der Waals surface area (Å²) >= 11 is 0. The number of sulfonamides is 1. The fourth-order valence-corrected chi connectivity index (χ4v) is 6.00. The van der Waals surface area contributed by atoms with Gasteiger partial charge in [0.25, 0.3) is 0 Å². The number of halogens is 3. The van der Waals surface area contributed by atoms with Crippen LogP contribution in [0.15, 0.2) is 65.6 Å². The van der Waals surface area contributed by atoms with Gasteiger partial charge >= 0.3 is 6.18 Å². The van der Waals surface area contributed by atoms with Gasteiger partial charge in [-0.15, -0.1) is 0 Å². The van der Waals surface area contributed by atoms with E-state index in [9.17, 15) is 26.4 Å². The van der Waals surface area contributed by atoms with Crippen LogP contribution in [-0.4, -0.2) is 32.1 Å². The van der Waals surface area contributed by atoms with E-state index in [4.69, 9.17) is 0 Å². The summed E-state index contributed by atoms with van der Waals surface area (Å²) in [7, 11) is -4.54. The lowest BCUT2D eigenvalue weighted by atomic mass is 9.86. The largest absolute Gasteiger partial charge is 0.405 e. The Balaban J connectivity index is 1.46. The third kappa shape index (κ3) is 7.58. The molecule has 0 fully saturated rings. The van der Waals surface area contributed by atoms with Crippen LogP contribution >= 0.6 is 0 Å². The van der Waals surface area contributed by atoms with Crippen molar-refractivity contribution in [3.8, 4) is 0 Å². The second-order valence-corrected chi connectivity index (χ2v) is 12.8. The Morgan fingerprint density at radius 1 is 1.00 bits per heavy atom. The molecular weight excluding hydrogens is 527 g/mol. The summed E-state index contributed by atoms with van der Waals surface area (Å²) in [6.07, 6.45) is -3.82. The van der Waals surface area contributed by atoms with E-state index in [0.717, 1.165) is 34.9 Å². The number of rotatable bonds is 8. The Kier molecular flexibility index (Phi) is 8.39. The maximum Gasteiger partial charge on any atom is 0.405 e. The summed E-state index contributed by atoms with van der Waals surface area (Å²) in [5, 5.41) is 7.48. The zero-order valence-corrected chi connectivity index (χ0v) is 23.0. The summed E-state index contributed by atoms with van der Waals surface area (Å²) in [5.41, 5.74) is 2.99. The van der Waals surface area contributed by atoms with E-state index in [2.05, 4.69) is 37.5 Å². The van der Waals surface area contributed by atoms with Crippen molar-refractivity contribution in [1.82, 2.24) is 15.4 Å². The molecule has 0 radical (unpaired) electrons. The molecule has 0 saturated carbocycles. The first-order valence-corrected chi connectivity index (χ1v) is 14.4. The van der Waals surface area contributed by atoms with Gasteiger partial charge < -0.3 is 10.6 Å². The minimum absolute atomic E-state index is 0.0444. The molecule has 1 aliphatic rings. The van der Waals surface area contributed by atoms with E-state index in [1.54, 1.807) is 29.0 Å². The molecule has 1 amide bonds. The van der Waals surface area contributed by atoms with Gasteiger partial charge in [0.15, 0.2) is 0 Å². The summed E-state index contributed by atoms with van der Waals surface area (Å²) in [6.45, 7) is 6.91. The number of alkyl halides is 3. The average molecular weight is 562 g/mol. The molecule has 3 N–H and O–H groups in total. The zero-order valence-electron chi connectivity index (χ0n) is 22.2. The van der Waals surface area contributed by atoms with Gasteiger partial charge in [0.2, 0.25) is 15.9 Å². The van der Waals surface area contributed by atoms with Gasteiger partial charge in [0.05, 0.1) is 17.4 Å². The van der Waals surface area contributed by atoms with Crippen molar-refractivity contribution in [2.24, 2.45) is 0 Å². The SMILES string of the molecule is CC(C)(C)NCc1ccc2c(c1)CCC[C@H]2NC(=O)C[C@@H](NS(=O)(=O)c1ccc2ccccc2c1)C(F)(F)F. The predicted octanol–water partition coefficient (Wildman–Crippen LogP) is 5.52. The third-order valence-corrected chi connectivity index (χ3v) is 8.26. The first-order chi connectivity index (χ1) is 18.2. The molecule has 0 heterocycles. The van der Waals surface area contributed by atoms with Crippen molar-refractivity contribution in [3.05, 3.63) is 77.4 Å². The van der Waals surface area contributed by atoms with Gasteiger partial charge in [-0.25, -0.2) is 8.42 Å². The van der Waals surface area contributed by atoms with Crippen LogP contribution in [0.2, 0.25) is 0 Å². The predicted molar refractivity (Wildman–Crippen MR) is 146 cm³/mol. The van der Waals surface area contributed by atoms with E-state index in [1.165, 1.54) is 18.2 Å². The highest BCUT2D eigenvalue weighted by Gasteiger charge is 2.44. The fraction of sp³-hybridized carbons (Fsp3) is 0.414. The average Bonchev–Trinajstić information content (AvgIpc) is 2.85. The minimum Gasteiger partial charge on any atom is -0.349 e. The summed E-state index contributed by atoms with van der Waals surface area (Å²) in [4.78, 5) is 12.5. The first kappa shape index (κ1) is 29.0. The highest BCUT2D eigenvalue weighted by molar-refractivity contribution is 7.89. The summed E-state index contributed by atoms with van der Waals surface area (Å²) in [6, 6.07) is 14.0. The standard InChI is InChI=1S/C29H34F3N3O3S/c1-28(2,3)33-18-19-11-14-24-22(15-19)9-6-10-25(24)34-27(36)17-26(29(30,31)32)35-39(37,38)23-13-12-20-7-4-5-8-21(20)16-23/h4-5,7-8,11-16,25-26,33,35H,6,9-10,17-18H2,1-3H3,(H,34,36)/t25-,26-/m1/s1. The molecule has 3 aromatic carbocycles. The van der Waals surface area contributed by atoms with Gasteiger partial charge in [-0.3, -0.25) is 4.79 Å². The number of hydrogen-bond acceptors (Lipinski definition) is 4. The number of nitrogens with one attached hydrogen (secondary N) is 3. The molecule has 1 aliphatic carbocycles. The number of fused-ring (bicyclic) bond motifs is 2. The Hall–Kier alpha value is -2.95. The quantitative estimate of drug-likeness (QED) is 0.338. The normalized spacial score (nSPS) is 17.0. The van der Waals surface area contributed by atoms with E-state index in [0.29, 0.717) is 18.4 Å². The Morgan fingerprint density at radius 3 is 2.41 bits per heavy atom. The lowest BCUT2D eigenvalue weighted by molar-refractivity contribution is -0.158. The number of aryl methyl sites for hydroxylation is 1. The molecule has 0 saturated heterocycles. The number of carbonyl (C=O) groups is 1. The van der Waals surface area contributed by atoms with E-state index in [1.807, 2.05) is 12.1 Å². The molecule has 6 nitrogen and oxygen atoms in total. The summed E-state index contributed by atoms with van der Waals surface area (Å²) < 4.78 is 69.1. The maximum absolute atomic E-state index is 13.9. The topological polar surface area (TPSA) is 87.3 Å². The van der Waals surface area contributed by atoms with Gasteiger partial charge in [0.1, 0.15) is 6.04 Å². The lowest BCUT2D eigenvalue weighted by Crippen LogP contribution is -2.48.